The fraction of sp³-hybridized carbons (Fsp3) is 1.00. The van der Waals surface area contributed by atoms with Gasteiger partial charge in [-0.05, 0) is 37.1 Å². The van der Waals surface area contributed by atoms with E-state index in [4.69, 9.17) is 4.74 Å². The Labute approximate surface area is 119 Å². The van der Waals surface area contributed by atoms with Crippen LogP contribution in [-0.4, -0.2) is 49.8 Å². The smallest absolute Gasteiger partial charge is 0.0707 e. The normalized spacial score (nSPS) is 36.5. The molecule has 0 aliphatic carbocycles. The number of hydrogen-bond donors (Lipinski definition) is 1. The molecule has 2 saturated heterocycles. The highest BCUT2D eigenvalue weighted by atomic mass is 16.5. The van der Waals surface area contributed by atoms with Crippen LogP contribution in [-0.2, 0) is 4.74 Å². The first-order valence-electron chi connectivity index (χ1n) is 8.13. The predicted octanol–water partition coefficient (Wildman–Crippen LogP) is 2.37. The molecule has 0 aromatic rings. The van der Waals surface area contributed by atoms with E-state index in [2.05, 4.69) is 37.9 Å². The molecule has 0 amide bonds. The largest absolute Gasteiger partial charge is 0.372 e. The third-order valence-electron chi connectivity index (χ3n) is 4.65. The van der Waals surface area contributed by atoms with E-state index >= 15 is 0 Å². The van der Waals surface area contributed by atoms with Crippen LogP contribution in [0.5, 0.6) is 0 Å². The van der Waals surface area contributed by atoms with E-state index in [0.29, 0.717) is 12.2 Å². The maximum atomic E-state index is 6.17. The molecule has 3 nitrogen and oxygen atoms in total. The molecule has 4 atom stereocenters. The van der Waals surface area contributed by atoms with Gasteiger partial charge in [-0.2, -0.15) is 0 Å². The third-order valence-corrected chi connectivity index (χ3v) is 4.65. The van der Waals surface area contributed by atoms with Crippen LogP contribution in [0.3, 0.4) is 0 Å². The van der Waals surface area contributed by atoms with Crippen molar-refractivity contribution in [3.05, 3.63) is 0 Å². The van der Waals surface area contributed by atoms with Gasteiger partial charge in [0.2, 0.25) is 0 Å². The van der Waals surface area contributed by atoms with E-state index in [1.54, 1.807) is 0 Å². The van der Waals surface area contributed by atoms with Crippen LogP contribution in [0.1, 0.15) is 40.5 Å². The molecule has 112 valence electrons. The lowest BCUT2D eigenvalue weighted by molar-refractivity contribution is 0.0265. The summed E-state index contributed by atoms with van der Waals surface area (Å²) >= 11 is 0. The molecule has 2 aliphatic rings. The number of rotatable bonds is 6. The number of likely N-dealkylation sites (tertiary alicyclic amines) is 1. The van der Waals surface area contributed by atoms with Crippen LogP contribution in [0.4, 0.5) is 0 Å². The second kappa shape index (κ2) is 7.05. The molecule has 3 heteroatoms. The van der Waals surface area contributed by atoms with E-state index in [1.807, 2.05) is 0 Å². The molecule has 19 heavy (non-hydrogen) atoms. The summed E-state index contributed by atoms with van der Waals surface area (Å²) in [6.45, 7) is 15.1. The maximum absolute atomic E-state index is 6.17. The lowest BCUT2D eigenvalue weighted by Gasteiger charge is -2.21. The topological polar surface area (TPSA) is 24.5 Å². The van der Waals surface area contributed by atoms with Gasteiger partial charge < -0.3 is 15.0 Å². The van der Waals surface area contributed by atoms with Gasteiger partial charge in [0.1, 0.15) is 0 Å². The monoisotopic (exact) mass is 268 g/mol. The minimum atomic E-state index is 0.446. The molecule has 2 rings (SSSR count). The molecular weight excluding hydrogens is 236 g/mol. The van der Waals surface area contributed by atoms with Gasteiger partial charge in [0.15, 0.2) is 0 Å². The highest BCUT2D eigenvalue weighted by Gasteiger charge is 2.31. The molecule has 0 aromatic carbocycles. The lowest BCUT2D eigenvalue weighted by atomic mass is 10.0. The molecular formula is C16H32N2O. The summed E-state index contributed by atoms with van der Waals surface area (Å²) in [5.41, 5.74) is 0. The van der Waals surface area contributed by atoms with E-state index in [-0.39, 0.29) is 0 Å². The summed E-state index contributed by atoms with van der Waals surface area (Å²) in [4.78, 5) is 2.60. The van der Waals surface area contributed by atoms with Gasteiger partial charge in [-0.1, -0.05) is 27.7 Å². The summed E-state index contributed by atoms with van der Waals surface area (Å²) in [6.07, 6.45) is 3.40. The number of nitrogens with zero attached hydrogens (tertiary/aromatic N) is 1. The molecule has 0 radical (unpaired) electrons. The molecule has 0 bridgehead atoms. The Morgan fingerprint density at radius 3 is 2.37 bits per heavy atom. The zero-order chi connectivity index (χ0) is 13.8. The summed E-state index contributed by atoms with van der Waals surface area (Å²) in [6, 6.07) is 0. The second-order valence-electron chi connectivity index (χ2n) is 7.18. The average molecular weight is 268 g/mol. The van der Waals surface area contributed by atoms with Crippen molar-refractivity contribution in [2.45, 2.75) is 52.7 Å². The Hall–Kier alpha value is -0.120. The molecule has 2 fully saturated rings. The number of ether oxygens (including phenoxy) is 1. The van der Waals surface area contributed by atoms with Crippen LogP contribution in [0.2, 0.25) is 0 Å². The average Bonchev–Trinajstić information content (AvgIpc) is 2.87. The minimum absolute atomic E-state index is 0.446. The third kappa shape index (κ3) is 4.73. The Morgan fingerprint density at radius 2 is 1.74 bits per heavy atom. The van der Waals surface area contributed by atoms with Gasteiger partial charge in [0.25, 0.3) is 0 Å². The number of hydrogen-bond acceptors (Lipinski definition) is 3. The Morgan fingerprint density at radius 1 is 1.11 bits per heavy atom. The lowest BCUT2D eigenvalue weighted by Crippen LogP contribution is -2.33. The van der Waals surface area contributed by atoms with Crippen molar-refractivity contribution < 1.29 is 4.74 Å². The van der Waals surface area contributed by atoms with E-state index < -0.39 is 0 Å². The van der Waals surface area contributed by atoms with Crippen LogP contribution in [0, 0.1) is 17.8 Å². The zero-order valence-corrected chi connectivity index (χ0v) is 13.2. The van der Waals surface area contributed by atoms with E-state index in [1.165, 1.54) is 25.9 Å². The van der Waals surface area contributed by atoms with Gasteiger partial charge in [0, 0.05) is 26.2 Å². The Kier molecular flexibility index (Phi) is 5.67. The van der Waals surface area contributed by atoms with Gasteiger partial charge in [0.05, 0.1) is 12.2 Å². The molecule has 2 aliphatic heterocycles. The van der Waals surface area contributed by atoms with Crippen molar-refractivity contribution in [1.29, 1.82) is 0 Å². The molecule has 0 spiro atoms. The fourth-order valence-corrected chi connectivity index (χ4v) is 3.28. The number of nitrogens with one attached hydrogen (secondary N) is 1. The maximum Gasteiger partial charge on any atom is 0.0707 e. The van der Waals surface area contributed by atoms with Gasteiger partial charge in [-0.15, -0.1) is 0 Å². The first kappa shape index (κ1) is 15.3. The van der Waals surface area contributed by atoms with Crippen molar-refractivity contribution in [3.8, 4) is 0 Å². The first-order chi connectivity index (χ1) is 9.04. The van der Waals surface area contributed by atoms with Crippen molar-refractivity contribution in [2.24, 2.45) is 17.8 Å². The van der Waals surface area contributed by atoms with Gasteiger partial charge >= 0.3 is 0 Å². The molecule has 1 N–H and O–H groups in total. The Balaban J connectivity index is 1.62. The van der Waals surface area contributed by atoms with Gasteiger partial charge in [-0.25, -0.2) is 0 Å². The summed E-state index contributed by atoms with van der Waals surface area (Å²) in [7, 11) is 0. The van der Waals surface area contributed by atoms with E-state index in [0.717, 1.165) is 37.4 Å². The molecule has 2 heterocycles. The van der Waals surface area contributed by atoms with Crippen molar-refractivity contribution in [1.82, 2.24) is 10.2 Å². The highest BCUT2D eigenvalue weighted by Crippen LogP contribution is 2.25. The standard InChI is InChI=1S/C16H32N2O/c1-12(2)7-17-8-15-5-6-16(19-15)11-18-9-13(3)14(4)10-18/h12-17H,5-11H2,1-4H3. The summed E-state index contributed by atoms with van der Waals surface area (Å²) in [5, 5.41) is 3.52. The quantitative estimate of drug-likeness (QED) is 0.800. The van der Waals surface area contributed by atoms with Crippen molar-refractivity contribution in [2.75, 3.05) is 32.7 Å². The van der Waals surface area contributed by atoms with Crippen LogP contribution < -0.4 is 5.32 Å². The second-order valence-corrected chi connectivity index (χ2v) is 7.18. The van der Waals surface area contributed by atoms with Crippen molar-refractivity contribution in [3.63, 3.8) is 0 Å². The highest BCUT2D eigenvalue weighted by molar-refractivity contribution is 4.83. The summed E-state index contributed by atoms with van der Waals surface area (Å²) in [5.74, 6) is 2.43. The summed E-state index contributed by atoms with van der Waals surface area (Å²) < 4.78 is 6.17. The van der Waals surface area contributed by atoms with E-state index in [9.17, 15) is 0 Å². The van der Waals surface area contributed by atoms with Crippen LogP contribution in [0.25, 0.3) is 0 Å². The van der Waals surface area contributed by atoms with Crippen molar-refractivity contribution >= 4 is 0 Å². The predicted molar refractivity (Wildman–Crippen MR) is 80.4 cm³/mol. The zero-order valence-electron chi connectivity index (χ0n) is 13.2. The minimum Gasteiger partial charge on any atom is -0.372 e. The Bertz CT molecular complexity index is 259. The first-order valence-corrected chi connectivity index (χ1v) is 8.13. The fourth-order valence-electron chi connectivity index (χ4n) is 3.28. The SMILES string of the molecule is CC(C)CNCC1CCC(CN2CC(C)C(C)C2)O1. The molecule has 0 aromatic heterocycles. The van der Waals surface area contributed by atoms with Crippen LogP contribution >= 0.6 is 0 Å². The van der Waals surface area contributed by atoms with Crippen LogP contribution in [0.15, 0.2) is 0 Å². The molecule has 4 unspecified atom stereocenters. The molecule has 0 saturated carbocycles. The van der Waals surface area contributed by atoms with Gasteiger partial charge in [-0.3, -0.25) is 0 Å².